The lowest BCUT2D eigenvalue weighted by molar-refractivity contribution is -0.836. The highest BCUT2D eigenvalue weighted by Gasteiger charge is 2.37. The summed E-state index contributed by atoms with van der Waals surface area (Å²) in [5.41, 5.74) is -3.71. The maximum atomic E-state index is 12.3. The van der Waals surface area contributed by atoms with Crippen molar-refractivity contribution in [3.63, 3.8) is 0 Å². The SMILES string of the molecule is C[NH+](C)C.O=S(=O)([O-])c1cc(C(F)(F)F)cc(C(F)(F)F)c1. The van der Waals surface area contributed by atoms with Crippen molar-refractivity contribution in [1.29, 1.82) is 0 Å². The van der Waals surface area contributed by atoms with Crippen molar-refractivity contribution in [3.8, 4) is 0 Å². The summed E-state index contributed by atoms with van der Waals surface area (Å²) in [5.74, 6) is 0. The number of nitrogens with one attached hydrogen (secondary N) is 1. The summed E-state index contributed by atoms with van der Waals surface area (Å²) in [6.45, 7) is 0. The van der Waals surface area contributed by atoms with Crippen molar-refractivity contribution < 1.29 is 44.2 Å². The van der Waals surface area contributed by atoms with Crippen molar-refractivity contribution >= 4 is 10.1 Å². The predicted octanol–water partition coefficient (Wildman–Crippen LogP) is 1.39. The van der Waals surface area contributed by atoms with Gasteiger partial charge in [0.05, 0.1) is 37.2 Å². The number of halogens is 6. The zero-order valence-corrected chi connectivity index (χ0v) is 12.4. The van der Waals surface area contributed by atoms with Crippen LogP contribution in [0.2, 0.25) is 0 Å². The number of rotatable bonds is 1. The number of alkyl halides is 6. The molecule has 0 amide bonds. The molecule has 0 heterocycles. The van der Waals surface area contributed by atoms with E-state index < -0.39 is 38.5 Å². The van der Waals surface area contributed by atoms with Gasteiger partial charge in [-0.1, -0.05) is 0 Å². The van der Waals surface area contributed by atoms with Crippen molar-refractivity contribution in [1.82, 2.24) is 0 Å². The first-order valence-electron chi connectivity index (χ1n) is 5.57. The Morgan fingerprint density at radius 2 is 1.14 bits per heavy atom. The van der Waals surface area contributed by atoms with E-state index in [-0.39, 0.29) is 18.2 Å². The summed E-state index contributed by atoms with van der Waals surface area (Å²) in [5, 5.41) is 0. The second-order valence-electron chi connectivity index (χ2n) is 4.70. The van der Waals surface area contributed by atoms with Crippen LogP contribution in [-0.2, 0) is 22.5 Å². The van der Waals surface area contributed by atoms with E-state index in [1.165, 1.54) is 4.90 Å². The molecule has 1 rings (SSSR count). The van der Waals surface area contributed by atoms with Gasteiger partial charge in [-0.15, -0.1) is 0 Å². The Bertz CT molecular complexity index is 572. The molecular formula is C11H13F6NO3S. The fraction of sp³-hybridized carbons (Fsp3) is 0.455. The minimum absolute atomic E-state index is 0.141. The molecule has 0 radical (unpaired) electrons. The van der Waals surface area contributed by atoms with Gasteiger partial charge in [0.1, 0.15) is 10.1 Å². The van der Waals surface area contributed by atoms with Crippen LogP contribution in [0.1, 0.15) is 11.1 Å². The summed E-state index contributed by atoms with van der Waals surface area (Å²) in [6.07, 6.45) is -10.4. The molecule has 0 aliphatic carbocycles. The lowest BCUT2D eigenvalue weighted by Gasteiger charge is -2.15. The lowest BCUT2D eigenvalue weighted by Crippen LogP contribution is -3.02. The Morgan fingerprint density at radius 1 is 0.864 bits per heavy atom. The second-order valence-corrected chi connectivity index (χ2v) is 6.08. The normalized spacial score (nSPS) is 12.9. The third kappa shape index (κ3) is 7.09. The van der Waals surface area contributed by atoms with E-state index in [1.807, 2.05) is 0 Å². The van der Waals surface area contributed by atoms with Gasteiger partial charge >= 0.3 is 12.4 Å². The topological polar surface area (TPSA) is 61.6 Å². The Balaban J connectivity index is 0.000000980. The molecule has 0 saturated heterocycles. The monoisotopic (exact) mass is 353 g/mol. The van der Waals surface area contributed by atoms with E-state index in [1.54, 1.807) is 0 Å². The van der Waals surface area contributed by atoms with Crippen LogP contribution in [0.5, 0.6) is 0 Å². The summed E-state index contributed by atoms with van der Waals surface area (Å²) < 4.78 is 105. The molecule has 0 unspecified atom stereocenters. The second kappa shape index (κ2) is 6.84. The first kappa shape index (κ1) is 20.7. The number of benzene rings is 1. The van der Waals surface area contributed by atoms with Gasteiger partial charge in [-0.05, 0) is 18.2 Å². The van der Waals surface area contributed by atoms with Crippen molar-refractivity contribution in [2.75, 3.05) is 21.1 Å². The van der Waals surface area contributed by atoms with Crippen LogP contribution in [0.15, 0.2) is 23.1 Å². The third-order valence-electron chi connectivity index (χ3n) is 1.85. The highest BCUT2D eigenvalue weighted by atomic mass is 32.2. The zero-order valence-electron chi connectivity index (χ0n) is 11.6. The standard InChI is InChI=1S/C8H4F6O3S.C3H9N/c9-7(10,11)4-1-5(8(12,13)14)3-6(2-4)18(15,16)17;1-4(2)3/h1-3H,(H,15,16,17);1-3H3. The van der Waals surface area contributed by atoms with Gasteiger partial charge in [0.15, 0.2) is 0 Å². The summed E-state index contributed by atoms with van der Waals surface area (Å²) in [4.78, 5) is -0.162. The smallest absolute Gasteiger partial charge is 0.416 e. The van der Waals surface area contributed by atoms with Crippen LogP contribution in [0, 0.1) is 0 Å². The van der Waals surface area contributed by atoms with Gasteiger partial charge in [0.2, 0.25) is 0 Å². The van der Waals surface area contributed by atoms with Crippen LogP contribution < -0.4 is 4.90 Å². The van der Waals surface area contributed by atoms with Crippen LogP contribution in [-0.4, -0.2) is 34.1 Å². The minimum atomic E-state index is -5.42. The molecule has 11 heteroatoms. The molecule has 0 fully saturated rings. The molecule has 0 aliphatic rings. The molecule has 0 aromatic heterocycles. The molecule has 4 nitrogen and oxygen atoms in total. The molecule has 1 aromatic rings. The maximum absolute atomic E-state index is 12.3. The van der Waals surface area contributed by atoms with Gasteiger partial charge < -0.3 is 9.45 Å². The Kier molecular flexibility index (Phi) is 6.42. The van der Waals surface area contributed by atoms with Gasteiger partial charge in [0, 0.05) is 0 Å². The average molecular weight is 353 g/mol. The van der Waals surface area contributed by atoms with Crippen molar-refractivity contribution in [2.24, 2.45) is 0 Å². The molecule has 128 valence electrons. The van der Waals surface area contributed by atoms with Gasteiger partial charge in [-0.2, -0.15) is 26.3 Å². The van der Waals surface area contributed by atoms with Gasteiger partial charge in [0.25, 0.3) is 0 Å². The quantitative estimate of drug-likeness (QED) is 0.613. The summed E-state index contributed by atoms with van der Waals surface area (Å²) in [7, 11) is 0.832. The van der Waals surface area contributed by atoms with Crippen molar-refractivity contribution in [2.45, 2.75) is 17.2 Å². The van der Waals surface area contributed by atoms with Gasteiger partial charge in [-0.25, -0.2) is 8.42 Å². The molecule has 1 aromatic carbocycles. The Labute approximate surface area is 123 Å². The van der Waals surface area contributed by atoms with E-state index >= 15 is 0 Å². The molecule has 0 saturated carbocycles. The Morgan fingerprint density at radius 3 is 1.32 bits per heavy atom. The highest BCUT2D eigenvalue weighted by molar-refractivity contribution is 7.85. The van der Waals surface area contributed by atoms with E-state index in [2.05, 4.69) is 21.1 Å². The molecule has 22 heavy (non-hydrogen) atoms. The molecule has 0 aliphatic heterocycles. The first-order valence-corrected chi connectivity index (χ1v) is 6.98. The number of hydrogen-bond donors (Lipinski definition) is 1. The van der Waals surface area contributed by atoms with Crippen molar-refractivity contribution in [3.05, 3.63) is 29.3 Å². The minimum Gasteiger partial charge on any atom is -0.744 e. The molecule has 0 spiro atoms. The third-order valence-corrected chi connectivity index (χ3v) is 2.66. The van der Waals surface area contributed by atoms with Crippen LogP contribution >= 0.6 is 0 Å². The molecule has 0 bridgehead atoms. The average Bonchev–Trinajstić information content (AvgIpc) is 2.24. The van der Waals surface area contributed by atoms with Gasteiger partial charge in [-0.3, -0.25) is 0 Å². The van der Waals surface area contributed by atoms with E-state index in [4.69, 9.17) is 0 Å². The fourth-order valence-corrected chi connectivity index (χ4v) is 1.61. The Hall–Kier alpha value is -1.33. The van der Waals surface area contributed by atoms with Crippen LogP contribution in [0.4, 0.5) is 26.3 Å². The van der Waals surface area contributed by atoms with E-state index in [0.29, 0.717) is 0 Å². The number of quaternary nitrogens is 1. The van der Waals surface area contributed by atoms with Crippen LogP contribution in [0.3, 0.4) is 0 Å². The summed E-state index contributed by atoms with van der Waals surface area (Å²) in [6, 6.07) is -0.552. The largest absolute Gasteiger partial charge is 0.744 e. The van der Waals surface area contributed by atoms with E-state index in [9.17, 15) is 39.3 Å². The van der Waals surface area contributed by atoms with E-state index in [0.717, 1.165) is 0 Å². The predicted molar refractivity (Wildman–Crippen MR) is 63.1 cm³/mol. The van der Waals surface area contributed by atoms with Crippen LogP contribution in [0.25, 0.3) is 0 Å². The molecular weight excluding hydrogens is 340 g/mol. The highest BCUT2D eigenvalue weighted by Crippen LogP contribution is 2.37. The maximum Gasteiger partial charge on any atom is 0.416 e. The lowest BCUT2D eigenvalue weighted by atomic mass is 10.1. The number of hydrogen-bond acceptors (Lipinski definition) is 3. The molecule has 0 atom stereocenters. The summed E-state index contributed by atoms with van der Waals surface area (Å²) >= 11 is 0. The molecule has 1 N–H and O–H groups in total. The fourth-order valence-electron chi connectivity index (χ4n) is 1.07. The first-order chi connectivity index (χ1) is 9.55. The zero-order chi connectivity index (χ0) is 17.9.